The molecule has 1 aromatic heterocycles. The Labute approximate surface area is 94.2 Å². The third-order valence-electron chi connectivity index (χ3n) is 2.98. The number of anilines is 1. The zero-order valence-electron chi connectivity index (χ0n) is 9.40. The summed E-state index contributed by atoms with van der Waals surface area (Å²) in [6.07, 6.45) is 4.10. The van der Waals surface area contributed by atoms with Gasteiger partial charge in [0.15, 0.2) is 0 Å². The number of aromatic amines is 1. The van der Waals surface area contributed by atoms with Crippen molar-refractivity contribution in [3.05, 3.63) is 22.6 Å². The van der Waals surface area contributed by atoms with Crippen LogP contribution in [0.5, 0.6) is 0 Å². The number of H-pyrrole nitrogens is 1. The first-order chi connectivity index (χ1) is 7.79. The number of aromatic nitrogens is 2. The smallest absolute Gasteiger partial charge is 0.266 e. The lowest BCUT2D eigenvalue weighted by molar-refractivity contribution is 0.0900. The molecular formula is C11H17N3O2. The van der Waals surface area contributed by atoms with Crippen molar-refractivity contribution in [3.63, 3.8) is 0 Å². The summed E-state index contributed by atoms with van der Waals surface area (Å²) in [5.41, 5.74) is 0.588. The van der Waals surface area contributed by atoms with E-state index in [1.807, 2.05) is 0 Å². The lowest BCUT2D eigenvalue weighted by Gasteiger charge is -2.17. The van der Waals surface area contributed by atoms with E-state index in [1.165, 1.54) is 6.07 Å². The Kier molecular flexibility index (Phi) is 3.56. The van der Waals surface area contributed by atoms with Gasteiger partial charge < -0.3 is 10.1 Å². The molecule has 0 aromatic carbocycles. The van der Waals surface area contributed by atoms with Crippen LogP contribution < -0.4 is 10.9 Å². The highest BCUT2D eigenvalue weighted by atomic mass is 16.5. The van der Waals surface area contributed by atoms with Crippen molar-refractivity contribution in [3.8, 4) is 0 Å². The van der Waals surface area contributed by atoms with Gasteiger partial charge in [-0.2, -0.15) is 5.10 Å². The monoisotopic (exact) mass is 223 g/mol. The number of ether oxygens (including phenoxy) is 1. The average Bonchev–Trinajstić information content (AvgIpc) is 2.74. The van der Waals surface area contributed by atoms with Crippen LogP contribution in [0.2, 0.25) is 0 Å². The number of nitrogens with zero attached hydrogens (tertiary/aromatic N) is 1. The van der Waals surface area contributed by atoms with Crippen LogP contribution in [0.3, 0.4) is 0 Å². The number of rotatable bonds is 4. The van der Waals surface area contributed by atoms with Gasteiger partial charge in [-0.15, -0.1) is 0 Å². The van der Waals surface area contributed by atoms with E-state index in [-0.39, 0.29) is 5.56 Å². The van der Waals surface area contributed by atoms with Crippen LogP contribution in [0, 0.1) is 5.92 Å². The van der Waals surface area contributed by atoms with Gasteiger partial charge in [0.1, 0.15) is 0 Å². The van der Waals surface area contributed by atoms with Gasteiger partial charge in [0.2, 0.25) is 0 Å². The predicted octanol–water partition coefficient (Wildman–Crippen LogP) is 0.997. The normalized spacial score (nSPS) is 24.6. The SMILES string of the molecule is CCC1OCCC1CNc1cn[nH]c(=O)c1. The van der Waals surface area contributed by atoms with Crippen LogP contribution in [-0.4, -0.2) is 29.5 Å². The zero-order chi connectivity index (χ0) is 11.4. The van der Waals surface area contributed by atoms with Crippen molar-refractivity contribution in [1.29, 1.82) is 0 Å². The molecule has 2 heterocycles. The van der Waals surface area contributed by atoms with E-state index >= 15 is 0 Å². The summed E-state index contributed by atoms with van der Waals surface area (Å²) in [5.74, 6) is 0.532. The molecule has 2 unspecified atom stereocenters. The molecule has 0 bridgehead atoms. The molecule has 0 amide bonds. The second kappa shape index (κ2) is 5.12. The second-order valence-corrected chi connectivity index (χ2v) is 4.08. The van der Waals surface area contributed by atoms with Crippen molar-refractivity contribution in [2.24, 2.45) is 5.92 Å². The van der Waals surface area contributed by atoms with Crippen LogP contribution in [-0.2, 0) is 4.74 Å². The van der Waals surface area contributed by atoms with Gasteiger partial charge in [0.25, 0.3) is 5.56 Å². The van der Waals surface area contributed by atoms with Gasteiger partial charge in [0, 0.05) is 25.1 Å². The van der Waals surface area contributed by atoms with E-state index in [2.05, 4.69) is 22.4 Å². The molecule has 2 N–H and O–H groups in total. The highest BCUT2D eigenvalue weighted by Gasteiger charge is 2.26. The lowest BCUT2D eigenvalue weighted by Crippen LogP contribution is -2.23. The number of nitrogens with one attached hydrogen (secondary N) is 2. The standard InChI is InChI=1S/C11H17N3O2/c1-2-10-8(3-4-16-10)6-12-9-5-11(15)14-13-7-9/h5,7-8,10H,2-4,6H2,1H3,(H2,12,14,15). The number of hydrogen-bond donors (Lipinski definition) is 2. The summed E-state index contributed by atoms with van der Waals surface area (Å²) in [6.45, 7) is 3.82. The molecule has 2 rings (SSSR count). The second-order valence-electron chi connectivity index (χ2n) is 4.08. The summed E-state index contributed by atoms with van der Waals surface area (Å²) >= 11 is 0. The third kappa shape index (κ3) is 2.61. The van der Waals surface area contributed by atoms with Crippen LogP contribution in [0.25, 0.3) is 0 Å². The van der Waals surface area contributed by atoms with Crippen LogP contribution in [0.15, 0.2) is 17.1 Å². The minimum absolute atomic E-state index is 0.181. The summed E-state index contributed by atoms with van der Waals surface area (Å²) < 4.78 is 5.60. The molecule has 0 radical (unpaired) electrons. The molecule has 0 spiro atoms. The Morgan fingerprint density at radius 1 is 1.69 bits per heavy atom. The van der Waals surface area contributed by atoms with Gasteiger partial charge >= 0.3 is 0 Å². The highest BCUT2D eigenvalue weighted by molar-refractivity contribution is 5.38. The fraction of sp³-hybridized carbons (Fsp3) is 0.636. The molecule has 16 heavy (non-hydrogen) atoms. The highest BCUT2D eigenvalue weighted by Crippen LogP contribution is 2.23. The molecular weight excluding hydrogens is 206 g/mol. The van der Waals surface area contributed by atoms with E-state index in [9.17, 15) is 4.79 Å². The topological polar surface area (TPSA) is 67.0 Å². The maximum absolute atomic E-state index is 11.0. The summed E-state index contributed by atoms with van der Waals surface area (Å²) in [7, 11) is 0. The first-order valence-corrected chi connectivity index (χ1v) is 5.70. The van der Waals surface area contributed by atoms with E-state index in [4.69, 9.17) is 4.74 Å². The predicted molar refractivity (Wildman–Crippen MR) is 61.5 cm³/mol. The summed E-state index contributed by atoms with van der Waals surface area (Å²) in [4.78, 5) is 11.0. The molecule has 1 aliphatic rings. The minimum atomic E-state index is -0.181. The quantitative estimate of drug-likeness (QED) is 0.799. The molecule has 0 saturated carbocycles. The molecule has 1 aliphatic heterocycles. The number of hydrogen-bond acceptors (Lipinski definition) is 4. The van der Waals surface area contributed by atoms with E-state index < -0.39 is 0 Å². The van der Waals surface area contributed by atoms with Crippen LogP contribution in [0.1, 0.15) is 19.8 Å². The van der Waals surface area contributed by atoms with E-state index in [0.717, 1.165) is 31.7 Å². The Morgan fingerprint density at radius 2 is 2.56 bits per heavy atom. The van der Waals surface area contributed by atoms with Crippen LogP contribution >= 0.6 is 0 Å². The van der Waals surface area contributed by atoms with Crippen LogP contribution in [0.4, 0.5) is 5.69 Å². The Morgan fingerprint density at radius 3 is 3.31 bits per heavy atom. The van der Waals surface area contributed by atoms with E-state index in [1.54, 1.807) is 6.20 Å². The third-order valence-corrected chi connectivity index (χ3v) is 2.98. The maximum Gasteiger partial charge on any atom is 0.266 e. The first kappa shape index (κ1) is 11.1. The Hall–Kier alpha value is -1.36. The van der Waals surface area contributed by atoms with Gasteiger partial charge in [-0.1, -0.05) is 6.92 Å². The maximum atomic E-state index is 11.0. The fourth-order valence-corrected chi connectivity index (χ4v) is 2.10. The average molecular weight is 223 g/mol. The Bertz CT molecular complexity index is 391. The zero-order valence-corrected chi connectivity index (χ0v) is 9.40. The van der Waals surface area contributed by atoms with Gasteiger partial charge in [-0.25, -0.2) is 5.10 Å². The fourth-order valence-electron chi connectivity index (χ4n) is 2.10. The minimum Gasteiger partial charge on any atom is -0.383 e. The molecule has 2 atom stereocenters. The molecule has 1 fully saturated rings. The molecule has 5 heteroatoms. The van der Waals surface area contributed by atoms with Crippen molar-refractivity contribution >= 4 is 5.69 Å². The largest absolute Gasteiger partial charge is 0.383 e. The molecule has 88 valence electrons. The summed E-state index contributed by atoms with van der Waals surface area (Å²) in [5, 5.41) is 9.32. The van der Waals surface area contributed by atoms with Crippen molar-refractivity contribution in [2.45, 2.75) is 25.9 Å². The molecule has 1 saturated heterocycles. The van der Waals surface area contributed by atoms with Crippen molar-refractivity contribution < 1.29 is 4.74 Å². The molecule has 1 aromatic rings. The van der Waals surface area contributed by atoms with Crippen molar-refractivity contribution in [2.75, 3.05) is 18.5 Å². The van der Waals surface area contributed by atoms with Crippen molar-refractivity contribution in [1.82, 2.24) is 10.2 Å². The van der Waals surface area contributed by atoms with E-state index in [0.29, 0.717) is 12.0 Å². The molecule has 0 aliphatic carbocycles. The Balaban J connectivity index is 1.89. The summed E-state index contributed by atoms with van der Waals surface area (Å²) in [6, 6.07) is 1.52. The van der Waals surface area contributed by atoms with Gasteiger partial charge in [-0.05, 0) is 12.8 Å². The van der Waals surface area contributed by atoms with Gasteiger partial charge in [-0.3, -0.25) is 4.79 Å². The molecule has 5 nitrogen and oxygen atoms in total. The first-order valence-electron chi connectivity index (χ1n) is 5.70. The lowest BCUT2D eigenvalue weighted by atomic mass is 10.00. The van der Waals surface area contributed by atoms with Gasteiger partial charge in [0.05, 0.1) is 18.0 Å².